The van der Waals surface area contributed by atoms with Gasteiger partial charge in [0.25, 0.3) is 0 Å². The van der Waals surface area contributed by atoms with Crippen LogP contribution in [0.3, 0.4) is 0 Å². The van der Waals surface area contributed by atoms with E-state index in [1.165, 1.54) is 0 Å². The summed E-state index contributed by atoms with van der Waals surface area (Å²) >= 11 is 0. The van der Waals surface area contributed by atoms with E-state index in [0.29, 0.717) is 12.5 Å². The summed E-state index contributed by atoms with van der Waals surface area (Å²) in [5.74, 6) is 1.45. The van der Waals surface area contributed by atoms with Gasteiger partial charge in [-0.05, 0) is 25.1 Å². The van der Waals surface area contributed by atoms with Crippen molar-refractivity contribution in [1.82, 2.24) is 4.98 Å². The molecule has 0 N–H and O–H groups in total. The number of hydrogen-bond acceptors (Lipinski definition) is 3. The van der Waals surface area contributed by atoms with Gasteiger partial charge < -0.3 is 9.15 Å². The van der Waals surface area contributed by atoms with E-state index in [4.69, 9.17) is 9.15 Å². The van der Waals surface area contributed by atoms with Crippen molar-refractivity contribution in [1.29, 1.82) is 0 Å². The molecule has 0 fully saturated rings. The summed E-state index contributed by atoms with van der Waals surface area (Å²) in [5.41, 5.74) is 0.931. The first-order chi connectivity index (χ1) is 6.90. The molecule has 1 heterocycles. The second-order valence-electron chi connectivity index (χ2n) is 2.80. The van der Waals surface area contributed by atoms with Crippen LogP contribution in [-0.4, -0.2) is 11.6 Å². The highest BCUT2D eigenvalue weighted by Gasteiger charge is 2.02. The molecule has 0 aliphatic heterocycles. The highest BCUT2D eigenvalue weighted by molar-refractivity contribution is 5.55. The quantitative estimate of drug-likeness (QED) is 0.744. The molecule has 72 valence electrons. The molecule has 0 radical (unpaired) electrons. The summed E-state index contributed by atoms with van der Waals surface area (Å²) in [5, 5.41) is 0. The fourth-order valence-electron chi connectivity index (χ4n) is 1.25. The van der Waals surface area contributed by atoms with Gasteiger partial charge in [0.2, 0.25) is 5.89 Å². The monoisotopic (exact) mass is 189 g/mol. The predicted octanol–water partition coefficient (Wildman–Crippen LogP) is 2.74. The van der Waals surface area contributed by atoms with Gasteiger partial charge in [-0.1, -0.05) is 6.07 Å². The Kier molecular flexibility index (Phi) is 2.49. The molecular weight excluding hydrogens is 178 g/mol. The highest BCUT2D eigenvalue weighted by atomic mass is 16.5. The number of benzene rings is 1. The lowest BCUT2D eigenvalue weighted by Gasteiger charge is -2.03. The molecule has 0 unspecified atom stereocenters. The van der Waals surface area contributed by atoms with Crippen molar-refractivity contribution in [2.24, 2.45) is 0 Å². The Hall–Kier alpha value is -1.77. The van der Waals surface area contributed by atoms with Crippen molar-refractivity contribution in [3.63, 3.8) is 0 Å². The molecule has 0 atom stereocenters. The van der Waals surface area contributed by atoms with Gasteiger partial charge in [-0.3, -0.25) is 0 Å². The fourth-order valence-corrected chi connectivity index (χ4v) is 1.25. The van der Waals surface area contributed by atoms with Crippen LogP contribution >= 0.6 is 0 Å². The number of oxazole rings is 1. The molecule has 3 nitrogen and oxygen atoms in total. The van der Waals surface area contributed by atoms with E-state index in [0.717, 1.165) is 11.3 Å². The minimum Gasteiger partial charge on any atom is -0.494 e. The van der Waals surface area contributed by atoms with Crippen LogP contribution in [0.5, 0.6) is 5.75 Å². The third kappa shape index (κ3) is 1.76. The van der Waals surface area contributed by atoms with Gasteiger partial charge in [0.15, 0.2) is 0 Å². The van der Waals surface area contributed by atoms with Gasteiger partial charge in [0.05, 0.1) is 12.8 Å². The summed E-state index contributed by atoms with van der Waals surface area (Å²) in [6, 6.07) is 7.68. The Labute approximate surface area is 82.3 Å². The van der Waals surface area contributed by atoms with Crippen LogP contribution in [0.4, 0.5) is 0 Å². The molecule has 3 heteroatoms. The van der Waals surface area contributed by atoms with Crippen molar-refractivity contribution in [3.05, 3.63) is 36.7 Å². The maximum absolute atomic E-state index is 5.38. The Morgan fingerprint density at radius 1 is 1.43 bits per heavy atom. The van der Waals surface area contributed by atoms with Gasteiger partial charge in [0, 0.05) is 5.56 Å². The molecule has 2 aromatic rings. The van der Waals surface area contributed by atoms with Crippen LogP contribution in [0, 0.1) is 0 Å². The van der Waals surface area contributed by atoms with Gasteiger partial charge in [-0.2, -0.15) is 0 Å². The lowest BCUT2D eigenvalue weighted by atomic mass is 10.2. The first kappa shape index (κ1) is 8.81. The zero-order valence-corrected chi connectivity index (χ0v) is 7.93. The maximum Gasteiger partial charge on any atom is 0.225 e. The first-order valence-corrected chi connectivity index (χ1v) is 4.53. The molecule has 1 aromatic heterocycles. The Morgan fingerprint density at radius 2 is 2.36 bits per heavy atom. The van der Waals surface area contributed by atoms with Gasteiger partial charge in [0.1, 0.15) is 12.0 Å². The van der Waals surface area contributed by atoms with E-state index in [1.54, 1.807) is 12.5 Å². The van der Waals surface area contributed by atoms with Crippen molar-refractivity contribution in [2.45, 2.75) is 6.92 Å². The van der Waals surface area contributed by atoms with Crippen LogP contribution in [0.25, 0.3) is 11.5 Å². The molecule has 14 heavy (non-hydrogen) atoms. The summed E-state index contributed by atoms with van der Waals surface area (Å²) in [7, 11) is 0. The second kappa shape index (κ2) is 3.96. The first-order valence-electron chi connectivity index (χ1n) is 4.53. The molecule has 0 saturated carbocycles. The smallest absolute Gasteiger partial charge is 0.225 e. The minimum atomic E-state index is 0.617. The van der Waals surface area contributed by atoms with Crippen LogP contribution in [0.2, 0.25) is 0 Å². The van der Waals surface area contributed by atoms with Gasteiger partial charge in [-0.15, -0.1) is 0 Å². The molecule has 0 saturated heterocycles. The zero-order valence-electron chi connectivity index (χ0n) is 7.93. The molecule has 0 aliphatic carbocycles. The summed E-state index contributed by atoms with van der Waals surface area (Å²) in [6.07, 6.45) is 3.19. The average Bonchev–Trinajstić information content (AvgIpc) is 2.71. The SMILES string of the molecule is CCOc1cccc(-c2ncco2)c1. The van der Waals surface area contributed by atoms with Crippen LogP contribution in [0.1, 0.15) is 6.92 Å². The van der Waals surface area contributed by atoms with Crippen LogP contribution in [0.15, 0.2) is 41.1 Å². The normalized spacial score (nSPS) is 10.1. The largest absolute Gasteiger partial charge is 0.494 e. The highest BCUT2D eigenvalue weighted by Crippen LogP contribution is 2.21. The fraction of sp³-hybridized carbons (Fsp3) is 0.182. The van der Waals surface area contributed by atoms with Gasteiger partial charge in [-0.25, -0.2) is 4.98 Å². The third-order valence-corrected chi connectivity index (χ3v) is 1.82. The van der Waals surface area contributed by atoms with E-state index in [1.807, 2.05) is 31.2 Å². The standard InChI is InChI=1S/C11H11NO2/c1-2-13-10-5-3-4-9(8-10)11-12-6-7-14-11/h3-8H,2H2,1H3. The van der Waals surface area contributed by atoms with E-state index < -0.39 is 0 Å². The van der Waals surface area contributed by atoms with Crippen molar-refractivity contribution < 1.29 is 9.15 Å². The van der Waals surface area contributed by atoms with Crippen molar-refractivity contribution in [2.75, 3.05) is 6.61 Å². The Morgan fingerprint density at radius 3 is 3.07 bits per heavy atom. The Bertz CT molecular complexity index is 395. The molecule has 0 amide bonds. The van der Waals surface area contributed by atoms with Crippen molar-refractivity contribution in [3.8, 4) is 17.2 Å². The molecular formula is C11H11NO2. The van der Waals surface area contributed by atoms with Gasteiger partial charge >= 0.3 is 0 Å². The second-order valence-corrected chi connectivity index (χ2v) is 2.80. The lowest BCUT2D eigenvalue weighted by molar-refractivity contribution is 0.340. The summed E-state index contributed by atoms with van der Waals surface area (Å²) in [6.45, 7) is 2.62. The topological polar surface area (TPSA) is 35.3 Å². The van der Waals surface area contributed by atoms with E-state index in [-0.39, 0.29) is 0 Å². The molecule has 0 aliphatic rings. The third-order valence-electron chi connectivity index (χ3n) is 1.82. The number of ether oxygens (including phenoxy) is 1. The summed E-state index contributed by atoms with van der Waals surface area (Å²) < 4.78 is 10.6. The number of nitrogens with zero attached hydrogens (tertiary/aromatic N) is 1. The zero-order chi connectivity index (χ0) is 9.80. The molecule has 1 aromatic carbocycles. The number of aromatic nitrogens is 1. The minimum absolute atomic E-state index is 0.617. The summed E-state index contributed by atoms with van der Waals surface area (Å²) in [4.78, 5) is 4.07. The number of rotatable bonds is 3. The predicted molar refractivity (Wildman–Crippen MR) is 53.1 cm³/mol. The molecule has 0 bridgehead atoms. The molecule has 2 rings (SSSR count). The maximum atomic E-state index is 5.38. The van der Waals surface area contributed by atoms with Crippen molar-refractivity contribution >= 4 is 0 Å². The van der Waals surface area contributed by atoms with E-state index >= 15 is 0 Å². The average molecular weight is 189 g/mol. The van der Waals surface area contributed by atoms with E-state index in [2.05, 4.69) is 4.98 Å². The van der Waals surface area contributed by atoms with Crippen LogP contribution < -0.4 is 4.74 Å². The molecule has 0 spiro atoms. The van der Waals surface area contributed by atoms with Crippen LogP contribution in [-0.2, 0) is 0 Å². The Balaban J connectivity index is 2.31. The lowest BCUT2D eigenvalue weighted by Crippen LogP contribution is -1.91. The van der Waals surface area contributed by atoms with E-state index in [9.17, 15) is 0 Å². The number of hydrogen-bond donors (Lipinski definition) is 0.